The molecule has 0 unspecified atom stereocenters. The average molecular weight is 626 g/mol. The summed E-state index contributed by atoms with van der Waals surface area (Å²) >= 11 is 0. The van der Waals surface area contributed by atoms with E-state index >= 15 is 0 Å². The van der Waals surface area contributed by atoms with Crippen LogP contribution in [0.3, 0.4) is 0 Å². The van der Waals surface area contributed by atoms with Crippen LogP contribution in [0.4, 0.5) is 0 Å². The number of aryl methyl sites for hydroxylation is 1. The summed E-state index contributed by atoms with van der Waals surface area (Å²) < 4.78 is 0. The fourth-order valence-electron chi connectivity index (χ4n) is 5.74. The first-order chi connectivity index (χ1) is 21.9. The highest BCUT2D eigenvalue weighted by Crippen LogP contribution is 2.28. The quantitative estimate of drug-likeness (QED) is 0.259. The highest BCUT2D eigenvalue weighted by molar-refractivity contribution is 5.96. The number of hydrogen-bond acceptors (Lipinski definition) is 5. The number of carbonyl (C=O) groups excluding carboxylic acids is 4. The van der Waals surface area contributed by atoms with Crippen molar-refractivity contribution < 1.29 is 19.2 Å². The lowest BCUT2D eigenvalue weighted by Gasteiger charge is -2.36. The summed E-state index contributed by atoms with van der Waals surface area (Å²) in [6.07, 6.45) is 0.244. The Kier molecular flexibility index (Phi) is 11.4. The Balaban J connectivity index is 1.59. The first-order valence-corrected chi connectivity index (χ1v) is 15.9. The molecule has 3 aromatic carbocycles. The first kappa shape index (κ1) is 34.4. The van der Waals surface area contributed by atoms with Crippen LogP contribution in [-0.4, -0.2) is 72.8 Å². The summed E-state index contributed by atoms with van der Waals surface area (Å²) in [7, 11) is 1.68. The minimum absolute atomic E-state index is 0.0985. The molecule has 1 aliphatic rings. The maximum Gasteiger partial charge on any atom is 0.251 e. The number of benzene rings is 3. The molecule has 0 bridgehead atoms. The largest absolute Gasteiger partial charge is 0.353 e. The third-order valence-corrected chi connectivity index (χ3v) is 8.65. The number of rotatable bonds is 11. The normalized spacial score (nSPS) is 17.7. The van der Waals surface area contributed by atoms with Gasteiger partial charge in [0.25, 0.3) is 5.91 Å². The number of likely N-dealkylation sites (N-methyl/N-ethyl adjacent to an activating group) is 1. The lowest BCUT2D eigenvalue weighted by atomic mass is 9.85. The van der Waals surface area contributed by atoms with Gasteiger partial charge in [-0.3, -0.25) is 19.2 Å². The van der Waals surface area contributed by atoms with E-state index in [9.17, 15) is 19.2 Å². The Bertz CT molecular complexity index is 1450. The molecule has 9 heteroatoms. The van der Waals surface area contributed by atoms with Crippen molar-refractivity contribution in [2.75, 3.05) is 20.1 Å². The Hall–Kier alpha value is -4.50. The number of nitrogens with one attached hydrogen (secondary N) is 4. The number of amides is 4. The van der Waals surface area contributed by atoms with Crippen molar-refractivity contribution in [3.63, 3.8) is 0 Å². The molecule has 9 nitrogen and oxygen atoms in total. The topological polar surface area (TPSA) is 120 Å². The van der Waals surface area contributed by atoms with Gasteiger partial charge in [0, 0.05) is 30.6 Å². The van der Waals surface area contributed by atoms with Crippen molar-refractivity contribution in [2.45, 2.75) is 71.1 Å². The molecule has 4 N–H and O–H groups in total. The molecule has 4 rings (SSSR count). The second-order valence-electron chi connectivity index (χ2n) is 13.2. The van der Waals surface area contributed by atoms with E-state index in [0.29, 0.717) is 12.1 Å². The van der Waals surface area contributed by atoms with Gasteiger partial charge < -0.3 is 26.2 Å². The van der Waals surface area contributed by atoms with Gasteiger partial charge in [0.15, 0.2) is 0 Å². The van der Waals surface area contributed by atoms with Crippen LogP contribution in [0.25, 0.3) is 0 Å². The predicted molar refractivity (Wildman–Crippen MR) is 180 cm³/mol. The van der Waals surface area contributed by atoms with E-state index in [2.05, 4.69) is 21.3 Å². The number of nitrogens with zero attached hydrogens (tertiary/aromatic N) is 1. The third kappa shape index (κ3) is 8.60. The average Bonchev–Trinajstić information content (AvgIpc) is 3.47. The Labute approximate surface area is 272 Å². The van der Waals surface area contributed by atoms with E-state index in [1.165, 1.54) is 4.90 Å². The zero-order chi connectivity index (χ0) is 33.4. The molecule has 0 radical (unpaired) electrons. The summed E-state index contributed by atoms with van der Waals surface area (Å²) in [4.78, 5) is 55.9. The van der Waals surface area contributed by atoms with E-state index in [1.807, 2.05) is 100 Å². The standard InChI is InChI=1S/C37H47N5O4/c1-24-17-19-28(20-18-24)34(44)40-29-21-31(42(23-29)36(46)32(37(3,4)5)41-33(43)25(2)38-6)35(45)39-22-30(26-13-9-7-10-14-26)27-15-11-8-12-16-27/h7-20,25,29-32,38H,21-23H2,1-6H3,(H,39,45)(H,40,44)(H,41,43)/t25-,29-,31-,32+/m0/s1. The molecular weight excluding hydrogens is 578 g/mol. The van der Waals surface area contributed by atoms with E-state index in [4.69, 9.17) is 0 Å². The van der Waals surface area contributed by atoms with Crippen LogP contribution in [0.2, 0.25) is 0 Å². The highest BCUT2D eigenvalue weighted by Gasteiger charge is 2.45. The maximum absolute atomic E-state index is 14.3. The minimum atomic E-state index is -0.890. The lowest BCUT2D eigenvalue weighted by Crippen LogP contribution is -2.59. The van der Waals surface area contributed by atoms with Gasteiger partial charge in [-0.05, 0) is 56.0 Å². The van der Waals surface area contributed by atoms with Crippen molar-refractivity contribution in [1.29, 1.82) is 0 Å². The SMILES string of the molecule is CN[C@@H](C)C(=O)N[C@H](C(=O)N1C[C@@H](NC(=O)c2ccc(C)cc2)C[C@H]1C(=O)NCC(c1ccccc1)c1ccccc1)C(C)(C)C. The van der Waals surface area contributed by atoms with Gasteiger partial charge in [-0.15, -0.1) is 0 Å². The van der Waals surface area contributed by atoms with Crippen LogP contribution in [0.15, 0.2) is 84.9 Å². The Morgan fingerprint density at radius 2 is 1.43 bits per heavy atom. The fraction of sp³-hybridized carbons (Fsp3) is 0.405. The molecule has 0 aromatic heterocycles. The zero-order valence-electron chi connectivity index (χ0n) is 27.7. The first-order valence-electron chi connectivity index (χ1n) is 15.9. The van der Waals surface area contributed by atoms with E-state index < -0.39 is 29.6 Å². The van der Waals surface area contributed by atoms with Crippen LogP contribution in [0.1, 0.15) is 67.1 Å². The Morgan fingerprint density at radius 3 is 1.96 bits per heavy atom. The van der Waals surface area contributed by atoms with Crippen LogP contribution in [0.5, 0.6) is 0 Å². The van der Waals surface area contributed by atoms with Crippen LogP contribution >= 0.6 is 0 Å². The summed E-state index contributed by atoms with van der Waals surface area (Å²) in [5.74, 6) is -1.35. The van der Waals surface area contributed by atoms with Crippen molar-refractivity contribution >= 4 is 23.6 Å². The van der Waals surface area contributed by atoms with E-state index in [0.717, 1.165) is 16.7 Å². The second-order valence-corrected chi connectivity index (χ2v) is 13.2. The van der Waals surface area contributed by atoms with Crippen LogP contribution < -0.4 is 21.3 Å². The molecule has 0 saturated carbocycles. The highest BCUT2D eigenvalue weighted by atomic mass is 16.2. The van der Waals surface area contributed by atoms with Crippen molar-refractivity contribution in [3.05, 3.63) is 107 Å². The van der Waals surface area contributed by atoms with Crippen molar-refractivity contribution in [2.24, 2.45) is 5.41 Å². The second kappa shape index (κ2) is 15.2. The van der Waals surface area contributed by atoms with E-state index in [1.54, 1.807) is 26.1 Å². The smallest absolute Gasteiger partial charge is 0.251 e. The van der Waals surface area contributed by atoms with Gasteiger partial charge in [-0.1, -0.05) is 99.1 Å². The fourth-order valence-corrected chi connectivity index (χ4v) is 5.74. The summed E-state index contributed by atoms with van der Waals surface area (Å²) in [5.41, 5.74) is 3.02. The molecule has 0 aliphatic carbocycles. The molecule has 1 heterocycles. The maximum atomic E-state index is 14.3. The number of hydrogen-bond donors (Lipinski definition) is 4. The number of likely N-dealkylation sites (tertiary alicyclic amines) is 1. The zero-order valence-corrected chi connectivity index (χ0v) is 27.7. The van der Waals surface area contributed by atoms with Gasteiger partial charge in [0.2, 0.25) is 17.7 Å². The molecule has 46 heavy (non-hydrogen) atoms. The van der Waals surface area contributed by atoms with Gasteiger partial charge >= 0.3 is 0 Å². The predicted octanol–water partition coefficient (Wildman–Crippen LogP) is 3.78. The summed E-state index contributed by atoms with van der Waals surface area (Å²) in [5, 5.41) is 12.0. The van der Waals surface area contributed by atoms with Gasteiger partial charge in [0.05, 0.1) is 6.04 Å². The third-order valence-electron chi connectivity index (χ3n) is 8.65. The summed E-state index contributed by atoms with van der Waals surface area (Å²) in [6, 6.07) is 24.5. The van der Waals surface area contributed by atoms with E-state index in [-0.39, 0.29) is 42.5 Å². The lowest BCUT2D eigenvalue weighted by molar-refractivity contribution is -0.144. The molecule has 3 aromatic rings. The van der Waals surface area contributed by atoms with Gasteiger partial charge in [0.1, 0.15) is 12.1 Å². The summed E-state index contributed by atoms with van der Waals surface area (Å²) in [6.45, 7) is 9.78. The Morgan fingerprint density at radius 1 is 0.870 bits per heavy atom. The van der Waals surface area contributed by atoms with Crippen molar-refractivity contribution in [3.8, 4) is 0 Å². The molecule has 1 aliphatic heterocycles. The van der Waals surface area contributed by atoms with Gasteiger partial charge in [-0.25, -0.2) is 0 Å². The molecule has 244 valence electrons. The molecular formula is C37H47N5O4. The van der Waals surface area contributed by atoms with Crippen LogP contribution in [-0.2, 0) is 14.4 Å². The molecule has 4 amide bonds. The molecule has 0 spiro atoms. The monoisotopic (exact) mass is 625 g/mol. The molecule has 1 saturated heterocycles. The van der Waals surface area contributed by atoms with Crippen LogP contribution in [0, 0.1) is 12.3 Å². The minimum Gasteiger partial charge on any atom is -0.353 e. The molecule has 1 fully saturated rings. The number of carbonyl (C=O) groups is 4. The molecule has 4 atom stereocenters. The van der Waals surface area contributed by atoms with Crippen molar-refractivity contribution in [1.82, 2.24) is 26.2 Å². The van der Waals surface area contributed by atoms with Gasteiger partial charge in [-0.2, -0.15) is 0 Å².